The average Bonchev–Trinajstić information content (AvgIpc) is 2.84. The van der Waals surface area contributed by atoms with Crippen molar-refractivity contribution in [1.82, 2.24) is 14.5 Å². The molecule has 3 aromatic carbocycles. The van der Waals surface area contributed by atoms with E-state index < -0.39 is 17.8 Å². The van der Waals surface area contributed by atoms with Crippen LogP contribution in [0.15, 0.2) is 82.1 Å². The van der Waals surface area contributed by atoms with Crippen molar-refractivity contribution in [2.24, 2.45) is 5.92 Å². The molecule has 1 heterocycles. The van der Waals surface area contributed by atoms with Crippen molar-refractivity contribution in [3.8, 4) is 5.69 Å². The molecule has 1 unspecified atom stereocenters. The van der Waals surface area contributed by atoms with Crippen LogP contribution in [0.1, 0.15) is 49.4 Å². The minimum absolute atomic E-state index is 0.00456. The standard InChI is InChI=1S/C28H27BrFN3O2/c1-4-25(32(17-18(2)3)27(34)21-9-5-7-11-23(21)30)26-31-24-12-8-6-10-22(24)28(35)33(26)20-15-13-19(29)14-16-20/h5-16,18,25H,4,17H2,1-3H3. The second-order valence-corrected chi connectivity index (χ2v) is 9.78. The van der Waals surface area contributed by atoms with Crippen molar-refractivity contribution in [2.75, 3.05) is 6.54 Å². The predicted molar refractivity (Wildman–Crippen MR) is 140 cm³/mol. The molecule has 0 saturated heterocycles. The Bertz CT molecular complexity index is 1420. The highest BCUT2D eigenvalue weighted by molar-refractivity contribution is 9.10. The number of carbonyl (C=O) groups excluding carboxylic acids is 1. The number of fused-ring (bicyclic) bond motifs is 1. The largest absolute Gasteiger partial charge is 0.328 e. The van der Waals surface area contributed by atoms with Crippen molar-refractivity contribution >= 4 is 32.7 Å². The minimum Gasteiger partial charge on any atom is -0.328 e. The van der Waals surface area contributed by atoms with Crippen molar-refractivity contribution in [2.45, 2.75) is 33.2 Å². The Hall–Kier alpha value is -3.32. The van der Waals surface area contributed by atoms with E-state index in [1.807, 2.05) is 51.1 Å². The topological polar surface area (TPSA) is 55.2 Å². The van der Waals surface area contributed by atoms with Gasteiger partial charge in [0.2, 0.25) is 0 Å². The van der Waals surface area contributed by atoms with Gasteiger partial charge in [0.25, 0.3) is 11.5 Å². The van der Waals surface area contributed by atoms with Crippen LogP contribution < -0.4 is 5.56 Å². The number of benzene rings is 3. The molecule has 1 aromatic heterocycles. The fourth-order valence-corrected chi connectivity index (χ4v) is 4.55. The van der Waals surface area contributed by atoms with Crippen LogP contribution in [0.25, 0.3) is 16.6 Å². The summed E-state index contributed by atoms with van der Waals surface area (Å²) in [6.45, 7) is 6.34. The fraction of sp³-hybridized carbons (Fsp3) is 0.250. The number of para-hydroxylation sites is 1. The highest BCUT2D eigenvalue weighted by Gasteiger charge is 2.31. The van der Waals surface area contributed by atoms with Crippen molar-refractivity contribution < 1.29 is 9.18 Å². The van der Waals surface area contributed by atoms with Gasteiger partial charge in [0.05, 0.1) is 28.2 Å². The average molecular weight is 536 g/mol. The van der Waals surface area contributed by atoms with Crippen LogP contribution in [0.5, 0.6) is 0 Å². The number of aromatic nitrogens is 2. The summed E-state index contributed by atoms with van der Waals surface area (Å²) in [5.41, 5.74) is 0.994. The maximum Gasteiger partial charge on any atom is 0.266 e. The molecule has 4 rings (SSSR count). The lowest BCUT2D eigenvalue weighted by Gasteiger charge is -2.33. The van der Waals surface area contributed by atoms with Crippen LogP contribution in [-0.4, -0.2) is 26.9 Å². The van der Waals surface area contributed by atoms with Crippen LogP contribution in [0.2, 0.25) is 0 Å². The third kappa shape index (κ3) is 5.05. The third-order valence-electron chi connectivity index (χ3n) is 5.87. The van der Waals surface area contributed by atoms with E-state index in [0.717, 1.165) is 4.47 Å². The molecular weight excluding hydrogens is 509 g/mol. The normalized spacial score (nSPS) is 12.2. The molecule has 35 heavy (non-hydrogen) atoms. The lowest BCUT2D eigenvalue weighted by atomic mass is 10.0. The summed E-state index contributed by atoms with van der Waals surface area (Å²) in [5, 5.41) is 0.491. The molecule has 0 N–H and O–H groups in total. The molecule has 5 nitrogen and oxygen atoms in total. The van der Waals surface area contributed by atoms with Crippen LogP contribution >= 0.6 is 15.9 Å². The van der Waals surface area contributed by atoms with Gasteiger partial charge in [0, 0.05) is 11.0 Å². The molecule has 1 atom stereocenters. The number of amides is 1. The first kappa shape index (κ1) is 24.8. The Balaban J connectivity index is 1.97. The summed E-state index contributed by atoms with van der Waals surface area (Å²) < 4.78 is 17.1. The maximum atomic E-state index is 14.6. The molecule has 0 aliphatic carbocycles. The summed E-state index contributed by atoms with van der Waals surface area (Å²) in [6.07, 6.45) is 0.494. The molecule has 0 saturated carbocycles. The summed E-state index contributed by atoms with van der Waals surface area (Å²) in [4.78, 5) is 34.0. The van der Waals surface area contributed by atoms with Crippen LogP contribution in [0, 0.1) is 11.7 Å². The summed E-state index contributed by atoms with van der Waals surface area (Å²) in [7, 11) is 0. The summed E-state index contributed by atoms with van der Waals surface area (Å²) in [5.74, 6) is -0.428. The minimum atomic E-state index is -0.571. The second kappa shape index (κ2) is 10.5. The zero-order valence-corrected chi connectivity index (χ0v) is 21.5. The van der Waals surface area contributed by atoms with Gasteiger partial charge in [0.15, 0.2) is 0 Å². The maximum absolute atomic E-state index is 14.6. The van der Waals surface area contributed by atoms with Gasteiger partial charge in [-0.1, -0.05) is 61.0 Å². The number of nitrogens with zero attached hydrogens (tertiary/aromatic N) is 3. The summed E-state index contributed by atoms with van der Waals surface area (Å²) in [6, 6.07) is 20.0. The Kier molecular flexibility index (Phi) is 7.45. The zero-order chi connectivity index (χ0) is 25.1. The number of halogens is 2. The first-order valence-corrected chi connectivity index (χ1v) is 12.4. The molecule has 180 valence electrons. The highest BCUT2D eigenvalue weighted by Crippen LogP contribution is 2.29. The van der Waals surface area contributed by atoms with Gasteiger partial charge in [-0.25, -0.2) is 9.37 Å². The molecule has 0 aliphatic rings. The quantitative estimate of drug-likeness (QED) is 0.270. The van der Waals surface area contributed by atoms with Crippen LogP contribution in [0.4, 0.5) is 4.39 Å². The van der Waals surface area contributed by atoms with Gasteiger partial charge in [0.1, 0.15) is 11.6 Å². The van der Waals surface area contributed by atoms with E-state index >= 15 is 0 Å². The molecule has 0 radical (unpaired) electrons. The van der Waals surface area contributed by atoms with Crippen molar-refractivity contribution in [3.05, 3.63) is 105 Å². The van der Waals surface area contributed by atoms with Gasteiger partial charge in [-0.15, -0.1) is 0 Å². The molecule has 4 aromatic rings. The second-order valence-electron chi connectivity index (χ2n) is 8.86. The molecule has 0 spiro atoms. The van der Waals surface area contributed by atoms with Crippen molar-refractivity contribution in [1.29, 1.82) is 0 Å². The Morgan fingerprint density at radius 1 is 1.03 bits per heavy atom. The predicted octanol–water partition coefficient (Wildman–Crippen LogP) is 6.54. The fourth-order valence-electron chi connectivity index (χ4n) is 4.29. The smallest absolute Gasteiger partial charge is 0.266 e. The van der Waals surface area contributed by atoms with Gasteiger partial charge in [-0.2, -0.15) is 0 Å². The van der Waals surface area contributed by atoms with E-state index in [2.05, 4.69) is 15.9 Å². The first-order valence-electron chi connectivity index (χ1n) is 11.6. The van der Waals surface area contributed by atoms with E-state index in [-0.39, 0.29) is 17.0 Å². The van der Waals surface area contributed by atoms with E-state index in [4.69, 9.17) is 4.98 Å². The monoisotopic (exact) mass is 535 g/mol. The van der Waals surface area contributed by atoms with E-state index in [1.165, 1.54) is 12.1 Å². The lowest BCUT2D eigenvalue weighted by molar-refractivity contribution is 0.0626. The first-order chi connectivity index (χ1) is 16.8. The number of hydrogen-bond acceptors (Lipinski definition) is 3. The molecule has 0 fully saturated rings. The SMILES string of the molecule is CCC(c1nc2ccccc2c(=O)n1-c1ccc(Br)cc1)N(CC(C)C)C(=O)c1ccccc1F. The third-order valence-corrected chi connectivity index (χ3v) is 6.40. The number of hydrogen-bond donors (Lipinski definition) is 0. The molecule has 0 aliphatic heterocycles. The summed E-state index contributed by atoms with van der Waals surface area (Å²) >= 11 is 3.45. The van der Waals surface area contributed by atoms with Gasteiger partial charge < -0.3 is 4.90 Å². The van der Waals surface area contributed by atoms with Gasteiger partial charge in [-0.3, -0.25) is 14.2 Å². The molecule has 1 amide bonds. The number of carbonyl (C=O) groups is 1. The van der Waals surface area contributed by atoms with Crippen molar-refractivity contribution in [3.63, 3.8) is 0 Å². The number of rotatable bonds is 7. The zero-order valence-electron chi connectivity index (χ0n) is 19.9. The van der Waals surface area contributed by atoms with E-state index in [9.17, 15) is 14.0 Å². The molecule has 0 bridgehead atoms. The van der Waals surface area contributed by atoms with Gasteiger partial charge >= 0.3 is 0 Å². The Morgan fingerprint density at radius 3 is 2.34 bits per heavy atom. The molecule has 7 heteroatoms. The lowest BCUT2D eigenvalue weighted by Crippen LogP contribution is -2.40. The van der Waals surface area contributed by atoms with E-state index in [0.29, 0.717) is 35.4 Å². The Labute approximate surface area is 212 Å². The van der Waals surface area contributed by atoms with Crippen LogP contribution in [0.3, 0.4) is 0 Å². The Morgan fingerprint density at radius 2 is 1.69 bits per heavy atom. The van der Waals surface area contributed by atoms with Crippen LogP contribution in [-0.2, 0) is 0 Å². The highest BCUT2D eigenvalue weighted by atomic mass is 79.9. The van der Waals surface area contributed by atoms with E-state index in [1.54, 1.807) is 39.8 Å². The molecular formula is C28H27BrFN3O2. The van der Waals surface area contributed by atoms with Gasteiger partial charge in [-0.05, 0) is 60.9 Å².